The highest BCUT2D eigenvalue weighted by atomic mass is 16.6. The van der Waals surface area contributed by atoms with Gasteiger partial charge in [-0.05, 0) is 18.2 Å². The van der Waals surface area contributed by atoms with Crippen molar-refractivity contribution in [1.29, 1.82) is 0 Å². The van der Waals surface area contributed by atoms with Crippen LogP contribution in [-0.4, -0.2) is 17.9 Å². The third-order valence-corrected chi connectivity index (χ3v) is 4.29. The highest BCUT2D eigenvalue weighted by molar-refractivity contribution is 6.11. The molecule has 0 radical (unpaired) electrons. The zero-order valence-corrected chi connectivity index (χ0v) is 14.3. The van der Waals surface area contributed by atoms with Crippen LogP contribution in [0, 0.1) is 10.1 Å². The molecule has 7 heteroatoms. The van der Waals surface area contributed by atoms with Crippen molar-refractivity contribution >= 4 is 39.2 Å². The quantitative estimate of drug-likeness (QED) is 0.417. The molecule has 27 heavy (non-hydrogen) atoms. The van der Waals surface area contributed by atoms with Gasteiger partial charge in [-0.2, -0.15) is 0 Å². The number of furan rings is 1. The van der Waals surface area contributed by atoms with Crippen molar-refractivity contribution < 1.29 is 18.9 Å². The zero-order valence-electron chi connectivity index (χ0n) is 14.3. The number of hydrogen-bond donors (Lipinski definition) is 1. The summed E-state index contributed by atoms with van der Waals surface area (Å²) in [6.07, 6.45) is 0. The molecular weight excluding hydrogens is 348 g/mol. The van der Waals surface area contributed by atoms with Crippen LogP contribution in [0.3, 0.4) is 0 Å². The molecule has 7 nitrogen and oxygen atoms in total. The Morgan fingerprint density at radius 1 is 1.04 bits per heavy atom. The molecule has 0 spiro atoms. The summed E-state index contributed by atoms with van der Waals surface area (Å²) in [4.78, 5) is 23.2. The Morgan fingerprint density at radius 3 is 2.56 bits per heavy atom. The molecule has 0 aliphatic heterocycles. The van der Waals surface area contributed by atoms with Gasteiger partial charge >= 0.3 is 0 Å². The maximum atomic E-state index is 12.6. The molecule has 0 fully saturated rings. The molecule has 1 heterocycles. The number of para-hydroxylation sites is 2. The minimum atomic E-state index is -0.601. The van der Waals surface area contributed by atoms with Gasteiger partial charge in [-0.1, -0.05) is 30.3 Å². The molecule has 134 valence electrons. The van der Waals surface area contributed by atoms with Crippen LogP contribution in [0.15, 0.2) is 65.1 Å². The minimum absolute atomic E-state index is 0.0331. The molecule has 1 amide bonds. The molecule has 1 N–H and O–H groups in total. The smallest absolute Gasteiger partial charge is 0.282 e. The van der Waals surface area contributed by atoms with Crippen LogP contribution >= 0.6 is 0 Å². The summed E-state index contributed by atoms with van der Waals surface area (Å²) in [7, 11) is 1.49. The van der Waals surface area contributed by atoms with Crippen molar-refractivity contribution in [3.63, 3.8) is 0 Å². The van der Waals surface area contributed by atoms with Crippen molar-refractivity contribution in [2.75, 3.05) is 12.4 Å². The molecule has 4 aromatic rings. The summed E-state index contributed by atoms with van der Waals surface area (Å²) >= 11 is 0. The fourth-order valence-corrected chi connectivity index (χ4v) is 3.03. The highest BCUT2D eigenvalue weighted by Crippen LogP contribution is 2.36. The average molecular weight is 362 g/mol. The SMILES string of the molecule is COc1cc2c(cc1NC(=O)c1ccccc1[N+](=O)[O-])oc1ccccc12. The van der Waals surface area contributed by atoms with Crippen LogP contribution in [0.5, 0.6) is 5.75 Å². The second-order valence-electron chi connectivity index (χ2n) is 5.88. The summed E-state index contributed by atoms with van der Waals surface area (Å²) in [6.45, 7) is 0. The van der Waals surface area contributed by atoms with Gasteiger partial charge < -0.3 is 14.5 Å². The largest absolute Gasteiger partial charge is 0.495 e. The van der Waals surface area contributed by atoms with E-state index >= 15 is 0 Å². The van der Waals surface area contributed by atoms with E-state index in [9.17, 15) is 14.9 Å². The van der Waals surface area contributed by atoms with Crippen LogP contribution in [-0.2, 0) is 0 Å². The lowest BCUT2D eigenvalue weighted by Gasteiger charge is -2.10. The van der Waals surface area contributed by atoms with Gasteiger partial charge in [-0.3, -0.25) is 14.9 Å². The Kier molecular flexibility index (Phi) is 3.97. The maximum absolute atomic E-state index is 12.6. The molecular formula is C20H14N2O5. The molecule has 0 bridgehead atoms. The molecule has 4 rings (SSSR count). The third kappa shape index (κ3) is 2.85. The molecule has 0 atom stereocenters. The normalized spacial score (nSPS) is 10.9. The fraction of sp³-hybridized carbons (Fsp3) is 0.0500. The van der Waals surface area contributed by atoms with E-state index in [1.54, 1.807) is 18.2 Å². The second-order valence-corrected chi connectivity index (χ2v) is 5.88. The predicted octanol–water partition coefficient (Wildman–Crippen LogP) is 4.76. The number of rotatable bonds is 4. The van der Waals surface area contributed by atoms with Crippen LogP contribution < -0.4 is 10.1 Å². The molecule has 0 aliphatic rings. The van der Waals surface area contributed by atoms with Gasteiger partial charge in [0.25, 0.3) is 11.6 Å². The molecule has 0 aliphatic carbocycles. The molecule has 3 aromatic carbocycles. The Bertz CT molecular complexity index is 1200. The summed E-state index contributed by atoms with van der Waals surface area (Å²) in [5.74, 6) is -0.169. The molecule has 1 aromatic heterocycles. The van der Waals surface area contributed by atoms with Crippen LogP contribution in [0.2, 0.25) is 0 Å². The monoisotopic (exact) mass is 362 g/mol. The van der Waals surface area contributed by atoms with Crippen LogP contribution in [0.1, 0.15) is 10.4 Å². The van der Waals surface area contributed by atoms with E-state index in [2.05, 4.69) is 5.32 Å². The third-order valence-electron chi connectivity index (χ3n) is 4.29. The van der Waals surface area contributed by atoms with E-state index in [1.165, 1.54) is 25.3 Å². The average Bonchev–Trinajstić information content (AvgIpc) is 3.04. The first-order valence-electron chi connectivity index (χ1n) is 8.12. The van der Waals surface area contributed by atoms with Crippen LogP contribution in [0.25, 0.3) is 21.9 Å². The lowest BCUT2D eigenvalue weighted by atomic mass is 10.1. The maximum Gasteiger partial charge on any atom is 0.282 e. The Hall–Kier alpha value is -3.87. The number of anilines is 1. The number of hydrogen-bond acceptors (Lipinski definition) is 5. The predicted molar refractivity (Wildman–Crippen MR) is 101 cm³/mol. The number of ether oxygens (including phenoxy) is 1. The highest BCUT2D eigenvalue weighted by Gasteiger charge is 2.21. The number of fused-ring (bicyclic) bond motifs is 3. The van der Waals surface area contributed by atoms with Gasteiger partial charge in [-0.25, -0.2) is 0 Å². The van der Waals surface area contributed by atoms with E-state index in [1.807, 2.05) is 24.3 Å². The van der Waals surface area contributed by atoms with E-state index in [0.29, 0.717) is 17.0 Å². The lowest BCUT2D eigenvalue weighted by molar-refractivity contribution is -0.385. The number of benzene rings is 3. The number of nitro benzene ring substituents is 1. The molecule has 0 saturated heterocycles. The lowest BCUT2D eigenvalue weighted by Crippen LogP contribution is -2.14. The Labute approximate surface area is 153 Å². The van der Waals surface area contributed by atoms with Crippen molar-refractivity contribution in [1.82, 2.24) is 0 Å². The topological polar surface area (TPSA) is 94.6 Å². The van der Waals surface area contributed by atoms with Crippen molar-refractivity contribution in [2.45, 2.75) is 0 Å². The van der Waals surface area contributed by atoms with Crippen molar-refractivity contribution in [3.05, 3.63) is 76.3 Å². The first-order chi connectivity index (χ1) is 13.1. The number of carbonyl (C=O) groups excluding carboxylic acids is 1. The van der Waals surface area contributed by atoms with E-state index in [-0.39, 0.29) is 11.3 Å². The Balaban J connectivity index is 1.78. The van der Waals surface area contributed by atoms with E-state index < -0.39 is 10.8 Å². The van der Waals surface area contributed by atoms with Gasteiger partial charge in [0.05, 0.1) is 17.7 Å². The summed E-state index contributed by atoms with van der Waals surface area (Å²) < 4.78 is 11.2. The fourth-order valence-electron chi connectivity index (χ4n) is 3.03. The Morgan fingerprint density at radius 2 is 1.78 bits per heavy atom. The van der Waals surface area contributed by atoms with Crippen molar-refractivity contribution in [3.8, 4) is 5.75 Å². The summed E-state index contributed by atoms with van der Waals surface area (Å²) in [5.41, 5.74) is 1.37. The second kappa shape index (κ2) is 6.45. The standard InChI is InChI=1S/C20H14N2O5/c1-26-19-10-14-12-6-3-5-9-17(12)27-18(14)11-15(19)21-20(23)13-7-2-4-8-16(13)22(24)25/h2-11H,1H3,(H,21,23). The first kappa shape index (κ1) is 16.6. The van der Waals surface area contributed by atoms with Crippen LogP contribution in [0.4, 0.5) is 11.4 Å². The van der Waals surface area contributed by atoms with Gasteiger partial charge in [0.15, 0.2) is 0 Å². The summed E-state index contributed by atoms with van der Waals surface area (Å²) in [5, 5.41) is 15.6. The number of nitrogens with one attached hydrogen (secondary N) is 1. The minimum Gasteiger partial charge on any atom is -0.495 e. The van der Waals surface area contributed by atoms with E-state index in [0.717, 1.165) is 16.4 Å². The zero-order chi connectivity index (χ0) is 19.0. The summed E-state index contributed by atoms with van der Waals surface area (Å²) in [6, 6.07) is 16.8. The molecule has 0 unspecified atom stereocenters. The number of carbonyl (C=O) groups is 1. The number of nitrogens with zero attached hydrogens (tertiary/aromatic N) is 1. The molecule has 0 saturated carbocycles. The van der Waals surface area contributed by atoms with Gasteiger partial charge in [0, 0.05) is 22.9 Å². The number of nitro groups is 1. The number of amides is 1. The number of methoxy groups -OCH3 is 1. The van der Waals surface area contributed by atoms with Gasteiger partial charge in [0.1, 0.15) is 22.5 Å². The van der Waals surface area contributed by atoms with Gasteiger partial charge in [0.2, 0.25) is 0 Å². The van der Waals surface area contributed by atoms with E-state index in [4.69, 9.17) is 9.15 Å². The van der Waals surface area contributed by atoms with Gasteiger partial charge in [-0.15, -0.1) is 0 Å². The first-order valence-corrected chi connectivity index (χ1v) is 8.12. The van der Waals surface area contributed by atoms with Crippen molar-refractivity contribution in [2.24, 2.45) is 0 Å².